The van der Waals surface area contributed by atoms with Crippen LogP contribution in [0.2, 0.25) is 0 Å². The molecular formula is C15H23NO3. The third kappa shape index (κ3) is 6.82. The van der Waals surface area contributed by atoms with Crippen LogP contribution in [0.5, 0.6) is 5.75 Å². The summed E-state index contributed by atoms with van der Waals surface area (Å²) in [5.74, 6) is 0.621. The second kappa shape index (κ2) is 8.53. The smallest absolute Gasteiger partial charge is 0.257 e. The van der Waals surface area contributed by atoms with Crippen LogP contribution in [-0.2, 0) is 4.79 Å². The molecule has 0 aliphatic heterocycles. The summed E-state index contributed by atoms with van der Waals surface area (Å²) in [7, 11) is 0. The van der Waals surface area contributed by atoms with Crippen molar-refractivity contribution in [2.75, 3.05) is 19.8 Å². The number of hydrogen-bond donors (Lipinski definition) is 2. The molecule has 0 bridgehead atoms. The van der Waals surface area contributed by atoms with E-state index in [-0.39, 0.29) is 19.1 Å². The van der Waals surface area contributed by atoms with Gasteiger partial charge in [-0.1, -0.05) is 6.07 Å². The fraction of sp³-hybridized carbons (Fsp3) is 0.533. The molecule has 106 valence electrons. The fourth-order valence-corrected chi connectivity index (χ4v) is 1.86. The molecule has 0 aliphatic rings. The molecule has 4 nitrogen and oxygen atoms in total. The first-order chi connectivity index (χ1) is 9.11. The fourth-order valence-electron chi connectivity index (χ4n) is 1.86. The maximum Gasteiger partial charge on any atom is 0.257 e. The van der Waals surface area contributed by atoms with Gasteiger partial charge in [0, 0.05) is 13.2 Å². The summed E-state index contributed by atoms with van der Waals surface area (Å²) >= 11 is 0. The number of nitrogens with one attached hydrogen (secondary N) is 1. The monoisotopic (exact) mass is 265 g/mol. The van der Waals surface area contributed by atoms with E-state index >= 15 is 0 Å². The highest BCUT2D eigenvalue weighted by atomic mass is 16.5. The number of aliphatic hydroxyl groups excluding tert-OH is 1. The van der Waals surface area contributed by atoms with Crippen molar-refractivity contribution in [3.05, 3.63) is 29.3 Å². The van der Waals surface area contributed by atoms with Gasteiger partial charge in [-0.05, 0) is 56.4 Å². The Morgan fingerprint density at radius 2 is 1.84 bits per heavy atom. The lowest BCUT2D eigenvalue weighted by atomic mass is 10.1. The van der Waals surface area contributed by atoms with Crippen LogP contribution >= 0.6 is 0 Å². The zero-order chi connectivity index (χ0) is 14.1. The maximum atomic E-state index is 11.5. The van der Waals surface area contributed by atoms with E-state index in [0.717, 1.165) is 36.1 Å². The van der Waals surface area contributed by atoms with E-state index < -0.39 is 0 Å². The lowest BCUT2D eigenvalue weighted by Crippen LogP contribution is -2.29. The van der Waals surface area contributed by atoms with Crippen LogP contribution in [0, 0.1) is 13.8 Å². The summed E-state index contributed by atoms with van der Waals surface area (Å²) in [4.78, 5) is 11.5. The van der Waals surface area contributed by atoms with Crippen LogP contribution in [0.15, 0.2) is 18.2 Å². The Bertz CT molecular complexity index is 384. The molecule has 1 amide bonds. The van der Waals surface area contributed by atoms with Crippen molar-refractivity contribution in [1.82, 2.24) is 5.32 Å². The lowest BCUT2D eigenvalue weighted by molar-refractivity contribution is -0.123. The van der Waals surface area contributed by atoms with Crippen molar-refractivity contribution >= 4 is 5.91 Å². The highest BCUT2D eigenvalue weighted by molar-refractivity contribution is 5.77. The minimum Gasteiger partial charge on any atom is -0.484 e. The number of carbonyl (C=O) groups is 1. The Hall–Kier alpha value is -1.55. The van der Waals surface area contributed by atoms with Gasteiger partial charge in [-0.2, -0.15) is 0 Å². The van der Waals surface area contributed by atoms with E-state index in [9.17, 15) is 4.79 Å². The SMILES string of the molecule is Cc1cc(C)cc(OCC(=O)NCCCCCO)c1. The Kier molecular flexibility index (Phi) is 6.97. The van der Waals surface area contributed by atoms with Gasteiger partial charge in [0.2, 0.25) is 0 Å². The molecule has 0 saturated heterocycles. The van der Waals surface area contributed by atoms with Gasteiger partial charge >= 0.3 is 0 Å². The molecule has 1 aromatic rings. The molecule has 0 saturated carbocycles. The van der Waals surface area contributed by atoms with Gasteiger partial charge in [-0.15, -0.1) is 0 Å². The largest absolute Gasteiger partial charge is 0.484 e. The number of carbonyl (C=O) groups excluding carboxylic acids is 1. The molecule has 4 heteroatoms. The second-order valence-corrected chi connectivity index (χ2v) is 4.75. The number of hydrogen-bond acceptors (Lipinski definition) is 3. The predicted molar refractivity (Wildman–Crippen MR) is 75.4 cm³/mol. The third-order valence-corrected chi connectivity index (χ3v) is 2.72. The molecule has 0 unspecified atom stereocenters. The standard InChI is InChI=1S/C15H23NO3/c1-12-8-13(2)10-14(9-12)19-11-15(18)16-6-4-3-5-7-17/h8-10,17H,3-7,11H2,1-2H3,(H,16,18). The number of benzene rings is 1. The van der Waals surface area contributed by atoms with Crippen LogP contribution in [0.4, 0.5) is 0 Å². The van der Waals surface area contributed by atoms with Crippen molar-refractivity contribution in [2.45, 2.75) is 33.1 Å². The minimum atomic E-state index is -0.108. The molecular weight excluding hydrogens is 242 g/mol. The first-order valence-electron chi connectivity index (χ1n) is 6.70. The van der Waals surface area contributed by atoms with E-state index in [1.165, 1.54) is 0 Å². The molecule has 1 rings (SSSR count). The van der Waals surface area contributed by atoms with Gasteiger partial charge < -0.3 is 15.2 Å². The van der Waals surface area contributed by atoms with Gasteiger partial charge in [-0.25, -0.2) is 0 Å². The molecule has 2 N–H and O–H groups in total. The van der Waals surface area contributed by atoms with E-state index in [4.69, 9.17) is 9.84 Å². The first kappa shape index (κ1) is 15.5. The predicted octanol–water partition coefficient (Wildman–Crippen LogP) is 1.96. The number of aliphatic hydroxyl groups is 1. The summed E-state index contributed by atoms with van der Waals surface area (Å²) in [5.41, 5.74) is 2.25. The van der Waals surface area contributed by atoms with E-state index in [0.29, 0.717) is 6.54 Å². The van der Waals surface area contributed by atoms with Gasteiger partial charge in [0.15, 0.2) is 6.61 Å². The van der Waals surface area contributed by atoms with Crippen molar-refractivity contribution < 1.29 is 14.6 Å². The molecule has 0 heterocycles. The Labute approximate surface area is 114 Å². The second-order valence-electron chi connectivity index (χ2n) is 4.75. The Balaban J connectivity index is 2.22. The van der Waals surface area contributed by atoms with Crippen molar-refractivity contribution in [3.8, 4) is 5.75 Å². The highest BCUT2D eigenvalue weighted by Gasteiger charge is 2.03. The topological polar surface area (TPSA) is 58.6 Å². The van der Waals surface area contributed by atoms with E-state index in [2.05, 4.69) is 11.4 Å². The molecule has 0 fully saturated rings. The summed E-state index contributed by atoms with van der Waals surface area (Å²) in [6.45, 7) is 4.89. The molecule has 1 aromatic carbocycles. The van der Waals surface area contributed by atoms with Crippen LogP contribution in [-0.4, -0.2) is 30.8 Å². The van der Waals surface area contributed by atoms with E-state index in [1.807, 2.05) is 26.0 Å². The molecule has 0 radical (unpaired) electrons. The molecule has 0 aromatic heterocycles. The van der Waals surface area contributed by atoms with Gasteiger partial charge in [-0.3, -0.25) is 4.79 Å². The zero-order valence-electron chi connectivity index (χ0n) is 11.7. The van der Waals surface area contributed by atoms with Crippen LogP contribution in [0.1, 0.15) is 30.4 Å². The number of ether oxygens (including phenoxy) is 1. The molecule has 0 atom stereocenters. The van der Waals surface area contributed by atoms with Crippen molar-refractivity contribution in [2.24, 2.45) is 0 Å². The maximum absolute atomic E-state index is 11.5. The lowest BCUT2D eigenvalue weighted by Gasteiger charge is -2.09. The number of rotatable bonds is 8. The molecule has 0 spiro atoms. The zero-order valence-corrected chi connectivity index (χ0v) is 11.7. The summed E-state index contributed by atoms with van der Waals surface area (Å²) in [6.07, 6.45) is 2.60. The average molecular weight is 265 g/mol. The number of unbranched alkanes of at least 4 members (excludes halogenated alkanes) is 2. The molecule has 19 heavy (non-hydrogen) atoms. The minimum absolute atomic E-state index is 0.0445. The first-order valence-corrected chi connectivity index (χ1v) is 6.70. The Morgan fingerprint density at radius 1 is 1.16 bits per heavy atom. The van der Waals surface area contributed by atoms with Crippen molar-refractivity contribution in [3.63, 3.8) is 0 Å². The third-order valence-electron chi connectivity index (χ3n) is 2.72. The summed E-state index contributed by atoms with van der Waals surface area (Å²) in [5, 5.41) is 11.4. The average Bonchev–Trinajstić information content (AvgIpc) is 2.35. The van der Waals surface area contributed by atoms with Gasteiger partial charge in [0.25, 0.3) is 5.91 Å². The summed E-state index contributed by atoms with van der Waals surface area (Å²) < 4.78 is 5.46. The molecule has 0 aliphatic carbocycles. The van der Waals surface area contributed by atoms with Crippen LogP contribution in [0.3, 0.4) is 0 Å². The Morgan fingerprint density at radius 3 is 2.47 bits per heavy atom. The normalized spacial score (nSPS) is 10.3. The van der Waals surface area contributed by atoms with Crippen LogP contribution < -0.4 is 10.1 Å². The quantitative estimate of drug-likeness (QED) is 0.706. The van der Waals surface area contributed by atoms with Crippen molar-refractivity contribution in [1.29, 1.82) is 0 Å². The van der Waals surface area contributed by atoms with Gasteiger partial charge in [0.05, 0.1) is 0 Å². The van der Waals surface area contributed by atoms with E-state index in [1.54, 1.807) is 0 Å². The number of amides is 1. The summed E-state index contributed by atoms with van der Waals surface area (Å²) in [6, 6.07) is 5.90. The van der Waals surface area contributed by atoms with Crippen LogP contribution in [0.25, 0.3) is 0 Å². The number of aryl methyl sites for hydroxylation is 2. The highest BCUT2D eigenvalue weighted by Crippen LogP contribution is 2.15. The van der Waals surface area contributed by atoms with Gasteiger partial charge in [0.1, 0.15) is 5.75 Å².